The lowest BCUT2D eigenvalue weighted by atomic mass is 10.2. The standard InChI is InChI=1S/C16H15ClN6O3/c1-11-7-15(23(25)26)20-22(11)10-16(24)18-14-5-6-21(19-14)9-12-3-2-4-13(17)8-12/h2-8H,9-10H2,1H3,(H,18,19,24). The van der Waals surface area contributed by atoms with Crippen LogP contribution in [-0.4, -0.2) is 30.4 Å². The molecule has 0 unspecified atom stereocenters. The topological polar surface area (TPSA) is 108 Å². The molecule has 0 bridgehead atoms. The molecular formula is C16H15ClN6O3. The molecule has 0 spiro atoms. The highest BCUT2D eigenvalue weighted by molar-refractivity contribution is 6.30. The molecule has 134 valence electrons. The lowest BCUT2D eigenvalue weighted by Crippen LogP contribution is -2.20. The third-order valence-electron chi connectivity index (χ3n) is 3.59. The molecule has 0 aliphatic rings. The number of aromatic nitrogens is 4. The Labute approximate surface area is 153 Å². The molecule has 1 aromatic carbocycles. The molecule has 3 aromatic rings. The van der Waals surface area contributed by atoms with Crippen LogP contribution in [0, 0.1) is 17.0 Å². The molecule has 0 aliphatic carbocycles. The number of hydrogen-bond donors (Lipinski definition) is 1. The summed E-state index contributed by atoms with van der Waals surface area (Å²) in [5.41, 5.74) is 1.51. The van der Waals surface area contributed by atoms with Gasteiger partial charge in [-0.05, 0) is 29.5 Å². The maximum absolute atomic E-state index is 12.1. The maximum atomic E-state index is 12.1. The van der Waals surface area contributed by atoms with E-state index in [0.717, 1.165) is 5.56 Å². The highest BCUT2D eigenvalue weighted by atomic mass is 35.5. The minimum atomic E-state index is -0.598. The summed E-state index contributed by atoms with van der Waals surface area (Å²) in [4.78, 5) is 22.2. The zero-order valence-electron chi connectivity index (χ0n) is 13.8. The summed E-state index contributed by atoms with van der Waals surface area (Å²) in [5, 5.41) is 22.1. The van der Waals surface area contributed by atoms with Crippen molar-refractivity contribution < 1.29 is 9.72 Å². The van der Waals surface area contributed by atoms with Gasteiger partial charge in [0.2, 0.25) is 5.91 Å². The molecule has 0 radical (unpaired) electrons. The molecule has 0 saturated heterocycles. The van der Waals surface area contributed by atoms with Gasteiger partial charge in [0.1, 0.15) is 6.54 Å². The molecule has 10 heteroatoms. The first-order valence-electron chi connectivity index (χ1n) is 7.67. The largest absolute Gasteiger partial charge is 0.390 e. The quantitative estimate of drug-likeness (QED) is 0.527. The summed E-state index contributed by atoms with van der Waals surface area (Å²) in [6, 6.07) is 10.4. The number of aryl methyl sites for hydroxylation is 1. The predicted octanol–water partition coefficient (Wildman–Crippen LogP) is 2.64. The highest BCUT2D eigenvalue weighted by Gasteiger charge is 2.17. The van der Waals surface area contributed by atoms with E-state index in [2.05, 4.69) is 15.5 Å². The van der Waals surface area contributed by atoms with Gasteiger partial charge in [0.25, 0.3) is 0 Å². The van der Waals surface area contributed by atoms with Gasteiger partial charge in [-0.25, -0.2) is 0 Å². The van der Waals surface area contributed by atoms with Gasteiger partial charge in [0.05, 0.1) is 23.4 Å². The van der Waals surface area contributed by atoms with Crippen LogP contribution < -0.4 is 5.32 Å². The fourth-order valence-electron chi connectivity index (χ4n) is 2.40. The Balaban J connectivity index is 1.62. The molecule has 3 rings (SSSR count). The number of nitrogens with zero attached hydrogens (tertiary/aromatic N) is 5. The number of anilines is 1. The molecule has 1 amide bonds. The fraction of sp³-hybridized carbons (Fsp3) is 0.188. The molecule has 9 nitrogen and oxygen atoms in total. The summed E-state index contributed by atoms with van der Waals surface area (Å²) in [6.07, 6.45) is 1.74. The number of carbonyl (C=O) groups is 1. The Kier molecular flexibility index (Phi) is 4.99. The SMILES string of the molecule is Cc1cc([N+](=O)[O-])nn1CC(=O)Nc1ccn(Cc2cccc(Cl)c2)n1. The van der Waals surface area contributed by atoms with E-state index in [9.17, 15) is 14.9 Å². The molecule has 0 fully saturated rings. The lowest BCUT2D eigenvalue weighted by Gasteiger charge is -2.03. The van der Waals surface area contributed by atoms with Crippen molar-refractivity contribution in [2.24, 2.45) is 0 Å². The molecule has 2 heterocycles. The van der Waals surface area contributed by atoms with Gasteiger partial charge < -0.3 is 15.4 Å². The summed E-state index contributed by atoms with van der Waals surface area (Å²) in [5.74, 6) is -0.281. The van der Waals surface area contributed by atoms with E-state index >= 15 is 0 Å². The molecule has 26 heavy (non-hydrogen) atoms. The Hall–Kier alpha value is -3.20. The van der Waals surface area contributed by atoms with Gasteiger partial charge in [0.15, 0.2) is 5.82 Å². The zero-order chi connectivity index (χ0) is 18.7. The smallest absolute Gasteiger partial charge is 0.358 e. The highest BCUT2D eigenvalue weighted by Crippen LogP contribution is 2.13. The van der Waals surface area contributed by atoms with Crippen molar-refractivity contribution in [3.63, 3.8) is 0 Å². The number of rotatable bonds is 6. The van der Waals surface area contributed by atoms with Crippen LogP contribution in [-0.2, 0) is 17.9 Å². The Bertz CT molecular complexity index is 965. The molecular weight excluding hydrogens is 360 g/mol. The van der Waals surface area contributed by atoms with Gasteiger partial charge in [0, 0.05) is 17.3 Å². The van der Waals surface area contributed by atoms with E-state index in [-0.39, 0.29) is 18.3 Å². The van der Waals surface area contributed by atoms with Gasteiger partial charge in [-0.2, -0.15) is 9.78 Å². The van der Waals surface area contributed by atoms with E-state index in [1.165, 1.54) is 10.7 Å². The first-order chi connectivity index (χ1) is 12.4. The number of benzene rings is 1. The zero-order valence-corrected chi connectivity index (χ0v) is 14.6. The van der Waals surface area contributed by atoms with Crippen LogP contribution in [0.1, 0.15) is 11.3 Å². The van der Waals surface area contributed by atoms with E-state index in [0.29, 0.717) is 23.1 Å². The van der Waals surface area contributed by atoms with Gasteiger partial charge in [-0.15, -0.1) is 0 Å². The Morgan fingerprint density at radius 1 is 1.31 bits per heavy atom. The number of halogens is 1. The first-order valence-corrected chi connectivity index (χ1v) is 8.05. The summed E-state index contributed by atoms with van der Waals surface area (Å²) >= 11 is 5.96. The second-order valence-electron chi connectivity index (χ2n) is 5.64. The van der Waals surface area contributed by atoms with Crippen LogP contribution >= 0.6 is 11.6 Å². The number of hydrogen-bond acceptors (Lipinski definition) is 5. The van der Waals surface area contributed by atoms with Crippen molar-refractivity contribution >= 4 is 29.1 Å². The van der Waals surface area contributed by atoms with Gasteiger partial charge >= 0.3 is 5.82 Å². The van der Waals surface area contributed by atoms with Crippen molar-refractivity contribution in [3.05, 3.63) is 69.0 Å². The normalized spacial score (nSPS) is 10.7. The molecule has 0 aliphatic heterocycles. The van der Waals surface area contributed by atoms with Crippen molar-refractivity contribution in [1.29, 1.82) is 0 Å². The summed E-state index contributed by atoms with van der Waals surface area (Å²) < 4.78 is 2.95. The van der Waals surface area contributed by atoms with Crippen LogP contribution in [0.3, 0.4) is 0 Å². The van der Waals surface area contributed by atoms with E-state index in [4.69, 9.17) is 11.6 Å². The van der Waals surface area contributed by atoms with Crippen LogP contribution in [0.2, 0.25) is 5.02 Å². The molecule has 2 aromatic heterocycles. The van der Waals surface area contributed by atoms with Crippen molar-refractivity contribution in [2.45, 2.75) is 20.0 Å². The van der Waals surface area contributed by atoms with Gasteiger partial charge in [-0.3, -0.25) is 9.48 Å². The van der Waals surface area contributed by atoms with Crippen molar-refractivity contribution in [3.8, 4) is 0 Å². The number of nitro groups is 1. The fourth-order valence-corrected chi connectivity index (χ4v) is 2.61. The maximum Gasteiger partial charge on any atom is 0.390 e. The molecule has 0 atom stereocenters. The third kappa shape index (κ3) is 4.25. The first kappa shape index (κ1) is 17.6. The predicted molar refractivity (Wildman–Crippen MR) is 95.0 cm³/mol. The van der Waals surface area contributed by atoms with Crippen molar-refractivity contribution in [1.82, 2.24) is 19.6 Å². The van der Waals surface area contributed by atoms with E-state index in [1.807, 2.05) is 18.2 Å². The van der Waals surface area contributed by atoms with E-state index < -0.39 is 4.92 Å². The molecule has 0 saturated carbocycles. The summed E-state index contributed by atoms with van der Waals surface area (Å²) in [6.45, 7) is 2.02. The minimum Gasteiger partial charge on any atom is -0.358 e. The number of amides is 1. The second kappa shape index (κ2) is 7.36. The molecule has 1 N–H and O–H groups in total. The monoisotopic (exact) mass is 374 g/mol. The van der Waals surface area contributed by atoms with Crippen molar-refractivity contribution in [2.75, 3.05) is 5.32 Å². The van der Waals surface area contributed by atoms with Crippen LogP contribution in [0.15, 0.2) is 42.6 Å². The average molecular weight is 375 g/mol. The second-order valence-corrected chi connectivity index (χ2v) is 6.07. The average Bonchev–Trinajstić information content (AvgIpc) is 3.14. The lowest BCUT2D eigenvalue weighted by molar-refractivity contribution is -0.389. The van der Waals surface area contributed by atoms with E-state index in [1.54, 1.807) is 29.9 Å². The third-order valence-corrected chi connectivity index (χ3v) is 3.83. The minimum absolute atomic E-state index is 0.138. The number of carbonyl (C=O) groups excluding carboxylic acids is 1. The Morgan fingerprint density at radius 2 is 2.12 bits per heavy atom. The Morgan fingerprint density at radius 3 is 2.81 bits per heavy atom. The van der Waals surface area contributed by atoms with Crippen LogP contribution in [0.4, 0.5) is 11.6 Å². The van der Waals surface area contributed by atoms with Gasteiger partial charge in [-0.1, -0.05) is 23.7 Å². The van der Waals surface area contributed by atoms with Crippen LogP contribution in [0.5, 0.6) is 0 Å². The summed E-state index contributed by atoms with van der Waals surface area (Å²) in [7, 11) is 0. The number of nitrogens with one attached hydrogen (secondary N) is 1. The van der Waals surface area contributed by atoms with Crippen LogP contribution in [0.25, 0.3) is 0 Å².